The van der Waals surface area contributed by atoms with E-state index in [1.807, 2.05) is 11.5 Å². The molecule has 0 unspecified atom stereocenters. The average Bonchev–Trinajstić information content (AvgIpc) is 3.23. The molecule has 178 valence electrons. The molecule has 0 aliphatic heterocycles. The van der Waals surface area contributed by atoms with E-state index in [-0.39, 0.29) is 30.7 Å². The number of amides is 2. The first-order valence-electron chi connectivity index (χ1n) is 10.6. The Balaban J connectivity index is 1.55. The predicted octanol–water partition coefficient (Wildman–Crippen LogP) is 3.79. The van der Waals surface area contributed by atoms with E-state index in [2.05, 4.69) is 20.8 Å². The number of halogens is 1. The van der Waals surface area contributed by atoms with Gasteiger partial charge in [0.15, 0.2) is 11.0 Å². The lowest BCUT2D eigenvalue weighted by atomic mass is 10.2. The van der Waals surface area contributed by atoms with Crippen molar-refractivity contribution >= 4 is 46.8 Å². The monoisotopic (exact) mass is 501 g/mol. The topological polar surface area (TPSA) is 115 Å². The summed E-state index contributed by atoms with van der Waals surface area (Å²) >= 11 is 7.09. The molecule has 0 aliphatic carbocycles. The summed E-state index contributed by atoms with van der Waals surface area (Å²) in [6, 6.07) is 13.1. The average molecular weight is 502 g/mol. The van der Waals surface area contributed by atoms with Crippen LogP contribution in [0.5, 0.6) is 0 Å². The highest BCUT2D eigenvalue weighted by Gasteiger charge is 2.15. The number of anilines is 1. The zero-order valence-corrected chi connectivity index (χ0v) is 20.3. The Kier molecular flexibility index (Phi) is 9.06. The van der Waals surface area contributed by atoms with Crippen molar-refractivity contribution in [2.24, 2.45) is 0 Å². The van der Waals surface area contributed by atoms with E-state index in [0.29, 0.717) is 39.4 Å². The molecule has 2 aromatic carbocycles. The normalized spacial score (nSPS) is 10.6. The van der Waals surface area contributed by atoms with E-state index >= 15 is 0 Å². The maximum absolute atomic E-state index is 12.4. The van der Waals surface area contributed by atoms with Gasteiger partial charge in [-0.15, -0.1) is 10.2 Å². The molecule has 0 spiro atoms. The van der Waals surface area contributed by atoms with Crippen LogP contribution in [0.2, 0.25) is 5.02 Å². The first kappa shape index (κ1) is 25.3. The SMILES string of the molecule is CCOC(=O)c1cccc(NC(=O)CSc2nnc(CNC(=O)c3ccc(Cl)cc3)n2CC)c1. The number of carbonyl (C=O) groups excluding carboxylic acids is 3. The molecule has 34 heavy (non-hydrogen) atoms. The molecule has 9 nitrogen and oxygen atoms in total. The van der Waals surface area contributed by atoms with Crippen molar-refractivity contribution in [2.45, 2.75) is 32.1 Å². The second-order valence-electron chi connectivity index (χ2n) is 6.97. The van der Waals surface area contributed by atoms with Crippen molar-refractivity contribution in [3.63, 3.8) is 0 Å². The molecule has 0 aliphatic rings. The van der Waals surface area contributed by atoms with E-state index in [9.17, 15) is 14.4 Å². The Bertz CT molecular complexity index is 1170. The minimum atomic E-state index is -0.445. The molecule has 2 N–H and O–H groups in total. The van der Waals surface area contributed by atoms with Gasteiger partial charge >= 0.3 is 5.97 Å². The third-order valence-corrected chi connectivity index (χ3v) is 5.83. The molecule has 1 aromatic heterocycles. The first-order valence-corrected chi connectivity index (χ1v) is 11.9. The van der Waals surface area contributed by atoms with E-state index in [1.165, 1.54) is 11.8 Å². The van der Waals surface area contributed by atoms with Crippen LogP contribution in [0.3, 0.4) is 0 Å². The lowest BCUT2D eigenvalue weighted by Gasteiger charge is -2.09. The second kappa shape index (κ2) is 12.2. The molecular weight excluding hydrogens is 478 g/mol. The van der Waals surface area contributed by atoms with Crippen LogP contribution in [0.1, 0.15) is 40.4 Å². The quantitative estimate of drug-likeness (QED) is 0.321. The van der Waals surface area contributed by atoms with Crippen molar-refractivity contribution in [3.05, 3.63) is 70.5 Å². The molecule has 0 fully saturated rings. The van der Waals surface area contributed by atoms with Gasteiger partial charge in [-0.2, -0.15) is 0 Å². The van der Waals surface area contributed by atoms with Crippen molar-refractivity contribution in [1.82, 2.24) is 20.1 Å². The number of nitrogens with one attached hydrogen (secondary N) is 2. The Hall–Kier alpha value is -3.37. The van der Waals surface area contributed by atoms with Crippen molar-refractivity contribution < 1.29 is 19.1 Å². The largest absolute Gasteiger partial charge is 0.462 e. The summed E-state index contributed by atoms with van der Waals surface area (Å²) in [6.07, 6.45) is 0. The third kappa shape index (κ3) is 6.82. The van der Waals surface area contributed by atoms with Gasteiger partial charge < -0.3 is 19.9 Å². The van der Waals surface area contributed by atoms with Gasteiger partial charge in [0.1, 0.15) is 0 Å². The first-order chi connectivity index (χ1) is 16.4. The molecule has 0 radical (unpaired) electrons. The Morgan fingerprint density at radius 2 is 1.82 bits per heavy atom. The Morgan fingerprint density at radius 1 is 1.06 bits per heavy atom. The number of aromatic nitrogens is 3. The minimum absolute atomic E-state index is 0.0961. The standard InChI is InChI=1S/C23H24ClN5O4S/c1-3-29-19(13-25-21(31)15-8-10-17(24)11-9-15)27-28-23(29)34-14-20(30)26-18-7-5-6-16(12-18)22(32)33-4-2/h5-12H,3-4,13-14H2,1-2H3,(H,25,31)(H,26,30). The highest BCUT2D eigenvalue weighted by Crippen LogP contribution is 2.19. The van der Waals surface area contributed by atoms with Gasteiger partial charge in [-0.3, -0.25) is 9.59 Å². The fraction of sp³-hybridized carbons (Fsp3) is 0.261. The van der Waals surface area contributed by atoms with Gasteiger partial charge in [-0.05, 0) is 56.3 Å². The number of nitrogens with zero attached hydrogens (tertiary/aromatic N) is 3. The number of ether oxygens (including phenoxy) is 1. The Morgan fingerprint density at radius 3 is 2.53 bits per heavy atom. The number of carbonyl (C=O) groups is 3. The highest BCUT2D eigenvalue weighted by atomic mass is 35.5. The molecule has 2 amide bonds. The van der Waals surface area contributed by atoms with Gasteiger partial charge in [0.25, 0.3) is 5.91 Å². The van der Waals surface area contributed by atoms with E-state index in [4.69, 9.17) is 16.3 Å². The number of thioether (sulfide) groups is 1. The van der Waals surface area contributed by atoms with Crippen LogP contribution in [0.15, 0.2) is 53.7 Å². The van der Waals surface area contributed by atoms with Crippen LogP contribution in [0, 0.1) is 0 Å². The third-order valence-electron chi connectivity index (χ3n) is 4.61. The van der Waals surface area contributed by atoms with Crippen LogP contribution in [0.4, 0.5) is 5.69 Å². The van der Waals surface area contributed by atoms with Crippen LogP contribution in [0.25, 0.3) is 0 Å². The molecule has 0 bridgehead atoms. The summed E-state index contributed by atoms with van der Waals surface area (Å²) in [6.45, 7) is 4.70. The maximum Gasteiger partial charge on any atom is 0.338 e. The van der Waals surface area contributed by atoms with Gasteiger partial charge in [0.2, 0.25) is 5.91 Å². The smallest absolute Gasteiger partial charge is 0.338 e. The number of esters is 1. The van der Waals surface area contributed by atoms with E-state index in [0.717, 1.165) is 0 Å². The summed E-state index contributed by atoms with van der Waals surface area (Å²) in [7, 11) is 0. The zero-order valence-electron chi connectivity index (χ0n) is 18.7. The van der Waals surface area contributed by atoms with Crippen molar-refractivity contribution in [3.8, 4) is 0 Å². The lowest BCUT2D eigenvalue weighted by Crippen LogP contribution is -2.24. The highest BCUT2D eigenvalue weighted by molar-refractivity contribution is 7.99. The second-order valence-corrected chi connectivity index (χ2v) is 8.35. The summed E-state index contributed by atoms with van der Waals surface area (Å²) in [5.41, 5.74) is 1.35. The van der Waals surface area contributed by atoms with Crippen LogP contribution in [-0.2, 0) is 22.6 Å². The van der Waals surface area contributed by atoms with E-state index < -0.39 is 5.97 Å². The predicted molar refractivity (Wildman–Crippen MR) is 130 cm³/mol. The Labute approximate surface area is 206 Å². The molecule has 3 rings (SSSR count). The van der Waals surface area contributed by atoms with E-state index in [1.54, 1.807) is 55.5 Å². The molecule has 0 saturated heterocycles. The molecule has 3 aromatic rings. The van der Waals surface area contributed by atoms with Gasteiger partial charge in [0, 0.05) is 22.8 Å². The zero-order chi connectivity index (χ0) is 24.5. The van der Waals surface area contributed by atoms with Gasteiger partial charge in [0.05, 0.1) is 24.5 Å². The molecular formula is C23H24ClN5O4S. The van der Waals surface area contributed by atoms with Crippen molar-refractivity contribution in [2.75, 3.05) is 17.7 Å². The lowest BCUT2D eigenvalue weighted by molar-refractivity contribution is -0.113. The van der Waals surface area contributed by atoms with Gasteiger partial charge in [-0.25, -0.2) is 4.79 Å². The molecule has 0 atom stereocenters. The summed E-state index contributed by atoms with van der Waals surface area (Å²) in [4.78, 5) is 36.6. The fourth-order valence-corrected chi connectivity index (χ4v) is 3.95. The molecule has 0 saturated carbocycles. The molecule has 11 heteroatoms. The maximum atomic E-state index is 12.4. The number of rotatable bonds is 10. The fourth-order valence-electron chi connectivity index (χ4n) is 3.00. The molecule has 1 heterocycles. The number of hydrogen-bond acceptors (Lipinski definition) is 7. The number of hydrogen-bond donors (Lipinski definition) is 2. The summed E-state index contributed by atoms with van der Waals surface area (Å²) in [5.74, 6) is -0.274. The minimum Gasteiger partial charge on any atom is -0.462 e. The van der Waals surface area contributed by atoms with Crippen molar-refractivity contribution in [1.29, 1.82) is 0 Å². The van der Waals surface area contributed by atoms with Crippen LogP contribution >= 0.6 is 23.4 Å². The number of benzene rings is 2. The van der Waals surface area contributed by atoms with Gasteiger partial charge in [-0.1, -0.05) is 29.4 Å². The van der Waals surface area contributed by atoms with Crippen LogP contribution < -0.4 is 10.6 Å². The van der Waals surface area contributed by atoms with Crippen LogP contribution in [-0.4, -0.2) is 44.9 Å². The summed E-state index contributed by atoms with van der Waals surface area (Å²) in [5, 5.41) is 15.0. The summed E-state index contributed by atoms with van der Waals surface area (Å²) < 4.78 is 6.82.